The molecule has 1 atom stereocenters. The number of nitriles is 1. The van der Waals surface area contributed by atoms with E-state index >= 15 is 4.39 Å². The standard InChI is InChI=1S/C36H39FN8O3/c1-36(2,45(24-13-14-24)26-20-47-21-26)17-23(18-38)35(46)43-15-7-8-25(43)19-44-34-31(33(39)40-22-41-34)32(42-44)29-12-6-11-28(16-30(29)37)48-27-9-4-3-5-10-27/h3-6,9-10,12,16-17,22,24-26H,7-8,11,13-15,19-21H2,1-2H3,(H2,39,40,41)/b23-17+. The molecule has 4 heterocycles. The first-order valence-electron chi connectivity index (χ1n) is 16.5. The number of likely N-dealkylation sites (tertiary alicyclic amines) is 1. The fraction of sp³-hybridized carbons (Fsp3) is 0.417. The second-order valence-electron chi connectivity index (χ2n) is 13.3. The zero-order chi connectivity index (χ0) is 33.4. The fourth-order valence-corrected chi connectivity index (χ4v) is 7.09. The maximum atomic E-state index is 15.9. The Morgan fingerprint density at radius 3 is 2.71 bits per heavy atom. The smallest absolute Gasteiger partial charge is 0.264 e. The minimum absolute atomic E-state index is 0.131. The van der Waals surface area contributed by atoms with E-state index in [9.17, 15) is 10.1 Å². The lowest BCUT2D eigenvalue weighted by Gasteiger charge is -2.46. The number of ether oxygens (including phenoxy) is 2. The van der Waals surface area contributed by atoms with Gasteiger partial charge in [0, 0.05) is 36.2 Å². The predicted octanol–water partition coefficient (Wildman–Crippen LogP) is 5.09. The predicted molar refractivity (Wildman–Crippen MR) is 179 cm³/mol. The molecule has 4 aliphatic rings. The third-order valence-electron chi connectivity index (χ3n) is 9.44. The summed E-state index contributed by atoms with van der Waals surface area (Å²) in [6, 6.07) is 11.9. The van der Waals surface area contributed by atoms with Gasteiger partial charge < -0.3 is 20.1 Å². The Labute approximate surface area is 278 Å². The van der Waals surface area contributed by atoms with Crippen LogP contribution in [0.15, 0.2) is 78.1 Å². The van der Waals surface area contributed by atoms with Crippen molar-refractivity contribution in [3.8, 4) is 11.8 Å². The molecule has 0 spiro atoms. The fourth-order valence-electron chi connectivity index (χ4n) is 7.09. The van der Waals surface area contributed by atoms with Crippen molar-refractivity contribution in [3.05, 3.63) is 83.8 Å². The van der Waals surface area contributed by atoms with Gasteiger partial charge in [0.05, 0.1) is 37.2 Å². The summed E-state index contributed by atoms with van der Waals surface area (Å²) in [6.07, 6.45) is 12.1. The summed E-state index contributed by atoms with van der Waals surface area (Å²) in [6.45, 7) is 6.29. The highest BCUT2D eigenvalue weighted by molar-refractivity contribution is 5.99. The summed E-state index contributed by atoms with van der Waals surface area (Å²) >= 11 is 0. The van der Waals surface area contributed by atoms with Gasteiger partial charge in [-0.05, 0) is 57.7 Å². The number of nitrogens with two attached hydrogens (primary N) is 1. The van der Waals surface area contributed by atoms with E-state index in [2.05, 4.69) is 34.8 Å². The van der Waals surface area contributed by atoms with Crippen LogP contribution in [-0.2, 0) is 16.1 Å². The normalized spacial score (nSPS) is 20.6. The van der Waals surface area contributed by atoms with Gasteiger partial charge in [0.25, 0.3) is 5.91 Å². The Kier molecular flexibility index (Phi) is 8.58. The number of anilines is 1. The minimum Gasteiger partial charge on any atom is -0.461 e. The van der Waals surface area contributed by atoms with E-state index in [0.29, 0.717) is 67.0 Å². The van der Waals surface area contributed by atoms with Gasteiger partial charge in [-0.1, -0.05) is 30.4 Å². The summed E-state index contributed by atoms with van der Waals surface area (Å²) in [4.78, 5) is 26.8. The highest BCUT2D eigenvalue weighted by Gasteiger charge is 2.45. The van der Waals surface area contributed by atoms with Crippen LogP contribution in [0.5, 0.6) is 5.75 Å². The maximum absolute atomic E-state index is 15.9. The summed E-state index contributed by atoms with van der Waals surface area (Å²) in [5.74, 6) is 0.419. The van der Waals surface area contributed by atoms with E-state index in [0.717, 1.165) is 25.7 Å². The number of nitrogen functional groups attached to an aromatic ring is 1. The third-order valence-corrected chi connectivity index (χ3v) is 9.44. The summed E-state index contributed by atoms with van der Waals surface area (Å²) in [7, 11) is 0. The van der Waals surface area contributed by atoms with Crippen LogP contribution in [0.1, 0.15) is 51.6 Å². The van der Waals surface area contributed by atoms with Crippen LogP contribution in [0.3, 0.4) is 0 Å². The number of rotatable bonds is 10. The second kappa shape index (κ2) is 13.0. The molecular weight excluding hydrogens is 611 g/mol. The van der Waals surface area contributed by atoms with Crippen molar-refractivity contribution in [1.82, 2.24) is 29.5 Å². The molecule has 11 nitrogen and oxygen atoms in total. The summed E-state index contributed by atoms with van der Waals surface area (Å²) < 4.78 is 29.0. The lowest BCUT2D eigenvalue weighted by Crippen LogP contribution is -2.58. The Hall–Kier alpha value is -4.86. The van der Waals surface area contributed by atoms with Crippen molar-refractivity contribution in [2.24, 2.45) is 0 Å². The van der Waals surface area contributed by atoms with Crippen molar-refractivity contribution in [3.63, 3.8) is 0 Å². The Balaban J connectivity index is 1.17. The number of carbonyl (C=O) groups is 1. The van der Waals surface area contributed by atoms with E-state index in [1.54, 1.807) is 15.7 Å². The van der Waals surface area contributed by atoms with Crippen molar-refractivity contribution in [2.75, 3.05) is 25.5 Å². The molecule has 0 bridgehead atoms. The highest BCUT2D eigenvalue weighted by Crippen LogP contribution is 2.38. The number of amides is 1. The molecule has 1 aromatic carbocycles. The minimum atomic E-state index is -0.526. The average molecular weight is 651 g/mol. The monoisotopic (exact) mass is 650 g/mol. The number of benzene rings is 1. The summed E-state index contributed by atoms with van der Waals surface area (Å²) in [5.41, 5.74) is 6.98. The van der Waals surface area contributed by atoms with Gasteiger partial charge >= 0.3 is 0 Å². The van der Waals surface area contributed by atoms with Gasteiger partial charge in [0.15, 0.2) is 5.65 Å². The van der Waals surface area contributed by atoms with Crippen molar-refractivity contribution < 1.29 is 18.7 Å². The van der Waals surface area contributed by atoms with E-state index in [4.69, 9.17) is 20.3 Å². The SMILES string of the molecule is CC(C)(/C=C(\C#N)C(=O)N1CCCC1Cn1nc(C2=C(F)C=C(Oc3ccccc3)CC=C2)c2c(N)ncnc21)N(C1CC1)C1COC1. The zero-order valence-corrected chi connectivity index (χ0v) is 27.2. The molecule has 1 saturated carbocycles. The molecule has 2 aliphatic carbocycles. The highest BCUT2D eigenvalue weighted by atomic mass is 19.1. The molecule has 1 unspecified atom stereocenters. The number of allylic oxidation sites excluding steroid dienone is 5. The van der Waals surface area contributed by atoms with Gasteiger partial charge in [0.2, 0.25) is 0 Å². The molecule has 2 aromatic heterocycles. The maximum Gasteiger partial charge on any atom is 0.264 e. The van der Waals surface area contributed by atoms with E-state index in [-0.39, 0.29) is 35.0 Å². The Bertz CT molecular complexity index is 1880. The molecule has 0 radical (unpaired) electrons. The van der Waals surface area contributed by atoms with Crippen molar-refractivity contribution in [1.29, 1.82) is 5.26 Å². The molecule has 3 fully saturated rings. The number of halogens is 1. The van der Waals surface area contributed by atoms with Crippen LogP contribution in [0, 0.1) is 11.3 Å². The van der Waals surface area contributed by atoms with Crippen LogP contribution in [-0.4, -0.2) is 78.9 Å². The largest absolute Gasteiger partial charge is 0.461 e. The summed E-state index contributed by atoms with van der Waals surface area (Å²) in [5, 5.41) is 15.4. The van der Waals surface area contributed by atoms with Gasteiger partial charge in [-0.15, -0.1) is 0 Å². The molecule has 12 heteroatoms. The number of nitrogens with zero attached hydrogens (tertiary/aromatic N) is 7. The molecule has 2 aliphatic heterocycles. The lowest BCUT2D eigenvalue weighted by molar-refractivity contribution is -0.127. The Morgan fingerprint density at radius 2 is 2.00 bits per heavy atom. The first-order valence-corrected chi connectivity index (χ1v) is 16.5. The number of hydrogen-bond donors (Lipinski definition) is 1. The number of aromatic nitrogens is 4. The lowest BCUT2D eigenvalue weighted by atomic mass is 9.95. The molecule has 48 heavy (non-hydrogen) atoms. The van der Waals surface area contributed by atoms with Gasteiger partial charge in [-0.25, -0.2) is 19.0 Å². The van der Waals surface area contributed by atoms with E-state index in [1.165, 1.54) is 12.4 Å². The van der Waals surface area contributed by atoms with Crippen molar-refractivity contribution in [2.45, 2.75) is 76.2 Å². The Morgan fingerprint density at radius 1 is 1.21 bits per heavy atom. The molecular formula is C36H39FN8O3. The number of fused-ring (bicyclic) bond motifs is 1. The van der Waals surface area contributed by atoms with Crippen LogP contribution >= 0.6 is 0 Å². The average Bonchev–Trinajstić information content (AvgIpc) is 3.71. The number of para-hydroxylation sites is 1. The molecule has 7 rings (SSSR count). The topological polar surface area (TPSA) is 135 Å². The third kappa shape index (κ3) is 6.23. The van der Waals surface area contributed by atoms with E-state index in [1.807, 2.05) is 42.5 Å². The molecule has 248 valence electrons. The molecule has 2 saturated heterocycles. The zero-order valence-electron chi connectivity index (χ0n) is 27.2. The van der Waals surface area contributed by atoms with Crippen molar-refractivity contribution >= 4 is 28.3 Å². The first kappa shape index (κ1) is 31.7. The van der Waals surface area contributed by atoms with Gasteiger partial charge in [-0.2, -0.15) is 10.4 Å². The quantitative estimate of drug-likeness (QED) is 0.235. The molecule has 3 aromatic rings. The molecule has 2 N–H and O–H groups in total. The first-order chi connectivity index (χ1) is 23.2. The van der Waals surface area contributed by atoms with Crippen LogP contribution in [0.25, 0.3) is 16.6 Å². The van der Waals surface area contributed by atoms with Gasteiger partial charge in [-0.3, -0.25) is 9.69 Å². The number of carbonyl (C=O) groups excluding carboxylic acids is 1. The van der Waals surface area contributed by atoms with E-state index < -0.39 is 11.4 Å². The van der Waals surface area contributed by atoms with Gasteiger partial charge in [0.1, 0.15) is 46.8 Å². The molecule has 1 amide bonds. The number of hydrogen-bond acceptors (Lipinski definition) is 9. The van der Waals surface area contributed by atoms with Crippen LogP contribution in [0.2, 0.25) is 0 Å². The van der Waals surface area contributed by atoms with Crippen LogP contribution in [0.4, 0.5) is 10.2 Å². The van der Waals surface area contributed by atoms with Crippen LogP contribution < -0.4 is 10.5 Å². The second-order valence-corrected chi connectivity index (χ2v) is 13.3.